The molecule has 1 aromatic carbocycles. The molecule has 0 radical (unpaired) electrons. The lowest BCUT2D eigenvalue weighted by atomic mass is 10.1. The molecular weight excluding hydrogens is 245 g/mol. The van der Waals surface area contributed by atoms with Crippen molar-refractivity contribution >= 4 is 11.4 Å². The Morgan fingerprint density at radius 3 is 2.61 bits per heavy atom. The van der Waals surface area contributed by atoms with Gasteiger partial charge in [-0.3, -0.25) is 0 Å². The van der Waals surface area contributed by atoms with Crippen molar-refractivity contribution in [1.82, 2.24) is 0 Å². The highest BCUT2D eigenvalue weighted by molar-refractivity contribution is 5.68. The Labute approximate surface area is 104 Å². The molecule has 0 bridgehead atoms. The number of alkyl halides is 2. The molecular formula is C12H17F3N2O. The number of nitrogens with one attached hydrogen (secondary N) is 1. The van der Waals surface area contributed by atoms with Crippen LogP contribution in [0.1, 0.15) is 20.3 Å². The van der Waals surface area contributed by atoms with Crippen molar-refractivity contribution < 1.29 is 17.9 Å². The highest BCUT2D eigenvalue weighted by Gasteiger charge is 2.13. The van der Waals surface area contributed by atoms with Gasteiger partial charge in [-0.25, -0.2) is 4.39 Å². The van der Waals surface area contributed by atoms with E-state index in [-0.39, 0.29) is 5.69 Å². The molecule has 0 aliphatic rings. The number of hydrogen-bond donors (Lipinski definition) is 2. The van der Waals surface area contributed by atoms with Gasteiger partial charge in [0.25, 0.3) is 0 Å². The van der Waals surface area contributed by atoms with Gasteiger partial charge in [-0.15, -0.1) is 0 Å². The first-order chi connectivity index (χ1) is 8.43. The molecule has 3 N–H and O–H groups in total. The van der Waals surface area contributed by atoms with Gasteiger partial charge in [0.2, 0.25) is 0 Å². The fourth-order valence-corrected chi connectivity index (χ4v) is 1.34. The maximum atomic E-state index is 13.3. The minimum absolute atomic E-state index is 0.164. The first-order valence-electron chi connectivity index (χ1n) is 5.71. The van der Waals surface area contributed by atoms with Gasteiger partial charge in [-0.1, -0.05) is 20.3 Å². The normalized spacial score (nSPS) is 12.6. The summed E-state index contributed by atoms with van der Waals surface area (Å²) in [4.78, 5) is 0. The van der Waals surface area contributed by atoms with E-state index in [4.69, 9.17) is 5.73 Å². The summed E-state index contributed by atoms with van der Waals surface area (Å²) in [5, 5.41) is 2.99. The highest BCUT2D eigenvalue weighted by Crippen LogP contribution is 2.29. The summed E-state index contributed by atoms with van der Waals surface area (Å²) in [6.45, 7) is 1.63. The molecule has 1 unspecified atom stereocenters. The van der Waals surface area contributed by atoms with Crippen LogP contribution in [0, 0.1) is 11.7 Å². The summed E-state index contributed by atoms with van der Waals surface area (Å²) < 4.78 is 41.5. The van der Waals surface area contributed by atoms with Crippen LogP contribution < -0.4 is 15.8 Å². The Balaban J connectivity index is 2.84. The molecule has 0 fully saturated rings. The highest BCUT2D eigenvalue weighted by atomic mass is 19.3. The van der Waals surface area contributed by atoms with Crippen LogP contribution in [0.4, 0.5) is 24.5 Å². The average Bonchev–Trinajstić information content (AvgIpc) is 2.30. The largest absolute Gasteiger partial charge is 0.432 e. The van der Waals surface area contributed by atoms with Crippen molar-refractivity contribution in [2.24, 2.45) is 5.92 Å². The molecule has 0 saturated carbocycles. The van der Waals surface area contributed by atoms with E-state index in [2.05, 4.69) is 10.1 Å². The number of benzene rings is 1. The monoisotopic (exact) mass is 262 g/mol. The number of ether oxygens (including phenoxy) is 1. The quantitative estimate of drug-likeness (QED) is 0.772. The average molecular weight is 262 g/mol. The standard InChI is InChI=1S/C12H17F3N2O/c1-3-7(2)6-17-10-5-11(18-12(14)15)8(13)4-9(10)16/h4-5,7,12,17H,3,6,16H2,1-2H3. The zero-order valence-electron chi connectivity index (χ0n) is 10.3. The number of nitrogens with two attached hydrogens (primary N) is 1. The summed E-state index contributed by atoms with van der Waals surface area (Å²) >= 11 is 0. The van der Waals surface area contributed by atoms with Crippen LogP contribution in [0.25, 0.3) is 0 Å². The van der Waals surface area contributed by atoms with Crippen LogP contribution in [0.15, 0.2) is 12.1 Å². The van der Waals surface area contributed by atoms with Crippen LogP contribution in [0.3, 0.4) is 0 Å². The molecule has 1 rings (SSSR count). The summed E-state index contributed by atoms with van der Waals surface area (Å²) in [5.41, 5.74) is 6.16. The molecule has 0 spiro atoms. The maximum absolute atomic E-state index is 13.3. The number of nitrogen functional groups attached to an aromatic ring is 1. The van der Waals surface area contributed by atoms with Crippen LogP contribution >= 0.6 is 0 Å². The van der Waals surface area contributed by atoms with Gasteiger partial charge < -0.3 is 15.8 Å². The van der Waals surface area contributed by atoms with Crippen LogP contribution in [-0.2, 0) is 0 Å². The van der Waals surface area contributed by atoms with Gasteiger partial charge in [-0.05, 0) is 5.92 Å². The fraction of sp³-hybridized carbons (Fsp3) is 0.500. The number of hydrogen-bond acceptors (Lipinski definition) is 3. The first kappa shape index (κ1) is 14.5. The van der Waals surface area contributed by atoms with E-state index in [1.165, 1.54) is 0 Å². The lowest BCUT2D eigenvalue weighted by Gasteiger charge is -2.15. The molecule has 3 nitrogen and oxygen atoms in total. The summed E-state index contributed by atoms with van der Waals surface area (Å²) in [5.74, 6) is -1.01. The predicted octanol–water partition coefficient (Wildman–Crippen LogP) is 3.47. The third-order valence-electron chi connectivity index (χ3n) is 2.66. The number of rotatable bonds is 6. The first-order valence-corrected chi connectivity index (χ1v) is 5.71. The van der Waals surface area contributed by atoms with Crippen LogP contribution in [0.5, 0.6) is 5.75 Å². The van der Waals surface area contributed by atoms with Crippen molar-refractivity contribution in [2.45, 2.75) is 26.9 Å². The van der Waals surface area contributed by atoms with Gasteiger partial charge in [0.15, 0.2) is 11.6 Å². The van der Waals surface area contributed by atoms with Gasteiger partial charge in [0.1, 0.15) is 0 Å². The van der Waals surface area contributed by atoms with Crippen LogP contribution in [0.2, 0.25) is 0 Å². The molecule has 0 aliphatic heterocycles. The predicted molar refractivity (Wildman–Crippen MR) is 65.4 cm³/mol. The molecule has 6 heteroatoms. The van der Waals surface area contributed by atoms with E-state index < -0.39 is 18.2 Å². The molecule has 0 aliphatic carbocycles. The van der Waals surface area contributed by atoms with Gasteiger partial charge in [-0.2, -0.15) is 8.78 Å². The van der Waals surface area contributed by atoms with Crippen molar-refractivity contribution in [2.75, 3.05) is 17.6 Å². The lowest BCUT2D eigenvalue weighted by Crippen LogP contribution is -2.12. The lowest BCUT2D eigenvalue weighted by molar-refractivity contribution is -0.0521. The topological polar surface area (TPSA) is 47.3 Å². The third-order valence-corrected chi connectivity index (χ3v) is 2.66. The molecule has 102 valence electrons. The Hall–Kier alpha value is -1.59. The zero-order valence-corrected chi connectivity index (χ0v) is 10.3. The van der Waals surface area contributed by atoms with E-state index >= 15 is 0 Å². The molecule has 1 aromatic rings. The van der Waals surface area contributed by atoms with Crippen molar-refractivity contribution in [1.29, 1.82) is 0 Å². The zero-order chi connectivity index (χ0) is 13.7. The number of halogens is 3. The van der Waals surface area contributed by atoms with Gasteiger partial charge >= 0.3 is 6.61 Å². The second kappa shape index (κ2) is 6.37. The summed E-state index contributed by atoms with van der Waals surface area (Å²) in [7, 11) is 0. The van der Waals surface area contributed by atoms with Gasteiger partial charge in [0.05, 0.1) is 11.4 Å². The molecule has 0 aromatic heterocycles. The maximum Gasteiger partial charge on any atom is 0.387 e. The van der Waals surface area contributed by atoms with Crippen molar-refractivity contribution in [3.8, 4) is 5.75 Å². The van der Waals surface area contributed by atoms with E-state index in [0.29, 0.717) is 18.2 Å². The van der Waals surface area contributed by atoms with E-state index in [9.17, 15) is 13.2 Å². The van der Waals surface area contributed by atoms with Crippen molar-refractivity contribution in [3.05, 3.63) is 17.9 Å². The smallest absolute Gasteiger partial charge is 0.387 e. The summed E-state index contributed by atoms with van der Waals surface area (Å²) in [6.07, 6.45) is 0.967. The molecule has 1 atom stereocenters. The van der Waals surface area contributed by atoms with E-state index in [0.717, 1.165) is 18.6 Å². The Morgan fingerprint density at radius 1 is 1.39 bits per heavy atom. The Bertz CT molecular complexity index is 399. The SMILES string of the molecule is CCC(C)CNc1cc(OC(F)F)c(F)cc1N. The Morgan fingerprint density at radius 2 is 2.06 bits per heavy atom. The number of anilines is 2. The van der Waals surface area contributed by atoms with E-state index in [1.54, 1.807) is 0 Å². The minimum atomic E-state index is -3.06. The van der Waals surface area contributed by atoms with Crippen LogP contribution in [-0.4, -0.2) is 13.2 Å². The minimum Gasteiger partial charge on any atom is -0.432 e. The van der Waals surface area contributed by atoms with Crippen molar-refractivity contribution in [3.63, 3.8) is 0 Å². The summed E-state index contributed by atoms with van der Waals surface area (Å²) in [6, 6.07) is 2.12. The molecule has 0 saturated heterocycles. The molecule has 18 heavy (non-hydrogen) atoms. The third kappa shape index (κ3) is 4.01. The second-order valence-electron chi connectivity index (χ2n) is 4.14. The van der Waals surface area contributed by atoms with Gasteiger partial charge in [0, 0.05) is 18.7 Å². The fourth-order valence-electron chi connectivity index (χ4n) is 1.34. The Kier molecular flexibility index (Phi) is 5.12. The van der Waals surface area contributed by atoms with E-state index in [1.807, 2.05) is 13.8 Å². The molecule has 0 amide bonds. The second-order valence-corrected chi connectivity index (χ2v) is 4.14. The molecule has 0 heterocycles.